The summed E-state index contributed by atoms with van der Waals surface area (Å²) in [5, 5.41) is 4.32. The lowest BCUT2D eigenvalue weighted by Gasteiger charge is -2.08. The van der Waals surface area contributed by atoms with Gasteiger partial charge in [-0.25, -0.2) is 8.42 Å². The number of sulfone groups is 1. The minimum atomic E-state index is -3.01. The van der Waals surface area contributed by atoms with Crippen LogP contribution in [0.1, 0.15) is 25.6 Å². The van der Waals surface area contributed by atoms with Gasteiger partial charge >= 0.3 is 0 Å². The van der Waals surface area contributed by atoms with E-state index in [2.05, 4.69) is 5.10 Å². The number of nitrogens with zero attached hydrogens (tertiary/aromatic N) is 2. The summed E-state index contributed by atoms with van der Waals surface area (Å²) in [5.74, 6) is 0.00153. The van der Waals surface area contributed by atoms with Crippen LogP contribution in [0, 0.1) is 0 Å². The minimum Gasteiger partial charge on any atom is -0.326 e. The Bertz CT molecular complexity index is 437. The van der Waals surface area contributed by atoms with Gasteiger partial charge in [0.2, 0.25) is 0 Å². The Kier molecular flexibility index (Phi) is 4.09. The van der Waals surface area contributed by atoms with Crippen molar-refractivity contribution in [1.82, 2.24) is 9.78 Å². The molecule has 0 aliphatic rings. The van der Waals surface area contributed by atoms with E-state index in [1.807, 2.05) is 30.8 Å². The molecule has 0 aliphatic heterocycles. The molecule has 0 radical (unpaired) electrons. The first-order valence-electron chi connectivity index (χ1n) is 5.25. The molecule has 0 spiro atoms. The molecule has 0 amide bonds. The van der Waals surface area contributed by atoms with Gasteiger partial charge in [0.05, 0.1) is 11.4 Å². The average Bonchev–Trinajstić information content (AvgIpc) is 2.48. The molecule has 0 saturated carbocycles. The Morgan fingerprint density at radius 2 is 2.12 bits per heavy atom. The monoisotopic (exact) mass is 245 g/mol. The molecule has 16 heavy (non-hydrogen) atoms. The normalized spacial score (nSPS) is 14.3. The largest absolute Gasteiger partial charge is 0.326 e. The van der Waals surface area contributed by atoms with Crippen LogP contribution >= 0.6 is 0 Å². The van der Waals surface area contributed by atoms with E-state index in [4.69, 9.17) is 5.73 Å². The van der Waals surface area contributed by atoms with E-state index in [1.165, 1.54) is 6.26 Å². The highest BCUT2D eigenvalue weighted by Gasteiger charge is 2.13. The van der Waals surface area contributed by atoms with Gasteiger partial charge in [0, 0.05) is 31.0 Å². The molecule has 0 bridgehead atoms. The van der Waals surface area contributed by atoms with E-state index in [9.17, 15) is 8.42 Å². The zero-order chi connectivity index (χ0) is 12.3. The van der Waals surface area contributed by atoms with Crippen molar-refractivity contribution in [3.63, 3.8) is 0 Å². The second-order valence-corrected chi connectivity index (χ2v) is 6.62. The predicted molar refractivity (Wildman–Crippen MR) is 64.0 cm³/mol. The molecule has 92 valence electrons. The number of nitrogens with two attached hydrogens (primary N) is 1. The van der Waals surface area contributed by atoms with Crippen molar-refractivity contribution >= 4 is 9.84 Å². The van der Waals surface area contributed by atoms with Gasteiger partial charge in [-0.1, -0.05) is 0 Å². The fourth-order valence-corrected chi connectivity index (χ4v) is 2.39. The molecule has 0 saturated heterocycles. The van der Waals surface area contributed by atoms with Crippen LogP contribution in [-0.2, 0) is 16.3 Å². The van der Waals surface area contributed by atoms with Crippen molar-refractivity contribution in [3.05, 3.63) is 18.0 Å². The Morgan fingerprint density at radius 3 is 2.56 bits per heavy atom. The molecular formula is C10H19N3O2S. The molecule has 0 aliphatic carbocycles. The van der Waals surface area contributed by atoms with Crippen LogP contribution in [0.25, 0.3) is 0 Å². The summed E-state index contributed by atoms with van der Waals surface area (Å²) in [4.78, 5) is 0. The topological polar surface area (TPSA) is 78.0 Å². The molecule has 1 heterocycles. The molecule has 6 heteroatoms. The van der Waals surface area contributed by atoms with E-state index in [-0.39, 0.29) is 11.8 Å². The third-order valence-electron chi connectivity index (χ3n) is 2.18. The van der Waals surface area contributed by atoms with Crippen LogP contribution in [0.3, 0.4) is 0 Å². The van der Waals surface area contributed by atoms with Gasteiger partial charge in [0.15, 0.2) is 0 Å². The van der Waals surface area contributed by atoms with E-state index < -0.39 is 9.84 Å². The maximum atomic E-state index is 11.0. The molecule has 0 aromatic carbocycles. The standard InChI is InChI=1S/C10H19N3O2S/c1-8(2)13-5-4-10(12-13)6-9(11)7-16(3,14)15/h4-5,8-9H,6-7,11H2,1-3H3. The number of aromatic nitrogens is 2. The summed E-state index contributed by atoms with van der Waals surface area (Å²) in [7, 11) is -3.01. The first kappa shape index (κ1) is 13.2. The highest BCUT2D eigenvalue weighted by atomic mass is 32.2. The van der Waals surface area contributed by atoms with Crippen molar-refractivity contribution in [1.29, 1.82) is 0 Å². The van der Waals surface area contributed by atoms with Gasteiger partial charge in [-0.2, -0.15) is 5.10 Å². The van der Waals surface area contributed by atoms with Crippen LogP contribution in [0.15, 0.2) is 12.3 Å². The van der Waals surface area contributed by atoms with Crippen LogP contribution in [0.2, 0.25) is 0 Å². The second kappa shape index (κ2) is 4.97. The van der Waals surface area contributed by atoms with Crippen LogP contribution in [0.4, 0.5) is 0 Å². The Labute approximate surface area is 96.6 Å². The van der Waals surface area contributed by atoms with Gasteiger partial charge in [-0.3, -0.25) is 4.68 Å². The molecule has 5 nitrogen and oxygen atoms in total. The maximum absolute atomic E-state index is 11.0. The summed E-state index contributed by atoms with van der Waals surface area (Å²) in [5.41, 5.74) is 6.59. The third kappa shape index (κ3) is 4.32. The van der Waals surface area contributed by atoms with Gasteiger partial charge in [-0.15, -0.1) is 0 Å². The molecule has 1 atom stereocenters. The van der Waals surface area contributed by atoms with Crippen LogP contribution < -0.4 is 5.73 Å². The summed E-state index contributed by atoms with van der Waals surface area (Å²) in [6, 6.07) is 1.80. The Morgan fingerprint density at radius 1 is 1.50 bits per heavy atom. The highest BCUT2D eigenvalue weighted by Crippen LogP contribution is 2.06. The van der Waals surface area contributed by atoms with Crippen LogP contribution in [0.5, 0.6) is 0 Å². The van der Waals surface area contributed by atoms with Crippen molar-refractivity contribution in [3.8, 4) is 0 Å². The third-order valence-corrected chi connectivity index (χ3v) is 3.21. The quantitative estimate of drug-likeness (QED) is 0.813. The van der Waals surface area contributed by atoms with E-state index in [0.29, 0.717) is 12.5 Å². The van der Waals surface area contributed by atoms with Crippen LogP contribution in [-0.4, -0.2) is 36.2 Å². The summed E-state index contributed by atoms with van der Waals surface area (Å²) in [6.07, 6.45) is 3.57. The number of rotatable bonds is 5. The zero-order valence-electron chi connectivity index (χ0n) is 9.92. The predicted octanol–water partition coefficient (Wildman–Crippen LogP) is 0.378. The first-order valence-corrected chi connectivity index (χ1v) is 7.31. The average molecular weight is 245 g/mol. The first-order chi connectivity index (χ1) is 7.28. The van der Waals surface area contributed by atoms with Gasteiger partial charge in [-0.05, 0) is 19.9 Å². The summed E-state index contributed by atoms with van der Waals surface area (Å²) >= 11 is 0. The Hall–Kier alpha value is -0.880. The molecule has 2 N–H and O–H groups in total. The fraction of sp³-hybridized carbons (Fsp3) is 0.700. The fourth-order valence-electron chi connectivity index (χ4n) is 1.49. The van der Waals surface area contributed by atoms with Crippen molar-refractivity contribution in [2.45, 2.75) is 32.4 Å². The smallest absolute Gasteiger partial charge is 0.148 e. The molecule has 0 fully saturated rings. The number of hydrogen-bond acceptors (Lipinski definition) is 4. The lowest BCUT2D eigenvalue weighted by Crippen LogP contribution is -2.31. The van der Waals surface area contributed by atoms with Crippen molar-refractivity contribution < 1.29 is 8.42 Å². The molecule has 1 aromatic rings. The zero-order valence-corrected chi connectivity index (χ0v) is 10.7. The SMILES string of the molecule is CC(C)n1ccc(CC(N)CS(C)(=O)=O)n1. The summed E-state index contributed by atoms with van der Waals surface area (Å²) in [6.45, 7) is 4.07. The van der Waals surface area contributed by atoms with Gasteiger partial charge in [0.1, 0.15) is 9.84 Å². The van der Waals surface area contributed by atoms with Gasteiger partial charge in [0.25, 0.3) is 0 Å². The lowest BCUT2D eigenvalue weighted by molar-refractivity contribution is 0.523. The summed E-state index contributed by atoms with van der Waals surface area (Å²) < 4.78 is 23.9. The van der Waals surface area contributed by atoms with Gasteiger partial charge < -0.3 is 5.73 Å². The maximum Gasteiger partial charge on any atom is 0.148 e. The van der Waals surface area contributed by atoms with E-state index >= 15 is 0 Å². The highest BCUT2D eigenvalue weighted by molar-refractivity contribution is 7.90. The lowest BCUT2D eigenvalue weighted by atomic mass is 10.2. The van der Waals surface area contributed by atoms with Crippen molar-refractivity contribution in [2.24, 2.45) is 5.73 Å². The molecular weight excluding hydrogens is 226 g/mol. The Balaban J connectivity index is 2.59. The molecule has 1 unspecified atom stereocenters. The van der Waals surface area contributed by atoms with E-state index in [1.54, 1.807) is 0 Å². The van der Waals surface area contributed by atoms with E-state index in [0.717, 1.165) is 5.69 Å². The number of hydrogen-bond donors (Lipinski definition) is 1. The molecule has 1 aromatic heterocycles. The second-order valence-electron chi connectivity index (χ2n) is 4.44. The van der Waals surface area contributed by atoms with Crippen molar-refractivity contribution in [2.75, 3.05) is 12.0 Å². The molecule has 1 rings (SSSR count). The minimum absolute atomic E-state index is 0.00153.